The lowest BCUT2D eigenvalue weighted by Gasteiger charge is -2.27. The van der Waals surface area contributed by atoms with E-state index in [0.717, 1.165) is 33.1 Å². The molecule has 0 bridgehead atoms. The van der Waals surface area contributed by atoms with E-state index in [9.17, 15) is 0 Å². The minimum Gasteiger partial charge on any atom is -0.310 e. The smallest absolute Gasteiger partial charge is 0.124 e. The average Bonchev–Trinajstić information content (AvgIpc) is 3.91. The van der Waals surface area contributed by atoms with E-state index in [-0.39, 0.29) is 0 Å². The van der Waals surface area contributed by atoms with Crippen LogP contribution in [0.2, 0.25) is 0 Å². The molecule has 276 valence electrons. The zero-order valence-electron chi connectivity index (χ0n) is 31.8. The van der Waals surface area contributed by atoms with Crippen LogP contribution < -0.4 is 4.90 Å². The molecule has 0 fully saturated rings. The lowest BCUT2D eigenvalue weighted by atomic mass is 9.96. The quantitative estimate of drug-likeness (QED) is 0.156. The van der Waals surface area contributed by atoms with Crippen LogP contribution in [0.5, 0.6) is 0 Å². The van der Waals surface area contributed by atoms with Crippen molar-refractivity contribution in [3.63, 3.8) is 0 Å². The molecular formula is C55H34N2S2. The number of aromatic nitrogens is 1. The Balaban J connectivity index is 0.989. The SMILES string of the molecule is c1ccc(-c2nc3ccc4sc5cc(-c6ccc(N(c7cc(-c8ccccc8)c8ccccc8c7)c7ccc8ccc9ccccc9c8c7)cc6)ccc5c4c3s2)cc1. The summed E-state index contributed by atoms with van der Waals surface area (Å²) in [5.74, 6) is 0. The molecule has 0 N–H and O–H groups in total. The number of hydrogen-bond donors (Lipinski definition) is 0. The van der Waals surface area contributed by atoms with Gasteiger partial charge in [0.15, 0.2) is 0 Å². The van der Waals surface area contributed by atoms with Gasteiger partial charge in [-0.05, 0) is 109 Å². The van der Waals surface area contributed by atoms with Gasteiger partial charge in [0.2, 0.25) is 0 Å². The Bertz CT molecular complexity index is 3550. The average molecular weight is 787 g/mol. The Kier molecular flexibility index (Phi) is 7.93. The number of nitrogens with zero attached hydrogens (tertiary/aromatic N) is 2. The maximum Gasteiger partial charge on any atom is 0.124 e. The van der Waals surface area contributed by atoms with Gasteiger partial charge in [0, 0.05) is 42.8 Å². The Labute approximate surface area is 349 Å². The highest BCUT2D eigenvalue weighted by atomic mass is 32.1. The second-order valence-electron chi connectivity index (χ2n) is 15.1. The first-order valence-electron chi connectivity index (χ1n) is 19.9. The van der Waals surface area contributed by atoms with E-state index >= 15 is 0 Å². The molecule has 2 nitrogen and oxygen atoms in total. The summed E-state index contributed by atoms with van der Waals surface area (Å²) < 4.78 is 3.85. The highest BCUT2D eigenvalue weighted by molar-refractivity contribution is 7.28. The zero-order chi connectivity index (χ0) is 38.9. The summed E-state index contributed by atoms with van der Waals surface area (Å²) >= 11 is 3.66. The van der Waals surface area contributed by atoms with Crippen molar-refractivity contribution in [1.82, 2.24) is 4.98 Å². The molecular weight excluding hydrogens is 753 g/mol. The van der Waals surface area contributed by atoms with Crippen LogP contribution in [-0.4, -0.2) is 4.98 Å². The van der Waals surface area contributed by atoms with E-state index in [1.807, 2.05) is 11.3 Å². The van der Waals surface area contributed by atoms with Gasteiger partial charge in [-0.1, -0.05) is 152 Å². The van der Waals surface area contributed by atoms with Crippen LogP contribution in [0.1, 0.15) is 0 Å². The molecule has 2 heterocycles. The van der Waals surface area contributed by atoms with Crippen LogP contribution in [0, 0.1) is 0 Å². The normalized spacial score (nSPS) is 11.7. The second kappa shape index (κ2) is 13.8. The predicted octanol–water partition coefficient (Wildman–Crippen LogP) is 16.6. The molecule has 12 rings (SSSR count). The van der Waals surface area contributed by atoms with Gasteiger partial charge in [-0.25, -0.2) is 4.98 Å². The van der Waals surface area contributed by atoms with Crippen molar-refractivity contribution in [2.75, 3.05) is 4.90 Å². The fraction of sp³-hybridized carbons (Fsp3) is 0. The van der Waals surface area contributed by atoms with Gasteiger partial charge in [-0.3, -0.25) is 0 Å². The van der Waals surface area contributed by atoms with Crippen LogP contribution in [0.4, 0.5) is 17.1 Å². The van der Waals surface area contributed by atoms with E-state index in [1.54, 1.807) is 11.3 Å². The van der Waals surface area contributed by atoms with Crippen molar-refractivity contribution in [3.8, 4) is 32.8 Å². The standard InChI is InChI=1S/C55H34N2S2/c1-3-11-36(12-4-1)49-34-44(31-41-16-8-10-18-46(41)49)57(43-27-23-38-20-19-37-13-7-9-17-45(37)48(38)33-43)42-25-21-35(22-26-42)40-24-28-47-52(32-40)58-51-30-29-50-54(53(47)51)59-55(56-50)39-14-5-2-6-15-39/h1-34H. The molecule has 0 spiro atoms. The zero-order valence-corrected chi connectivity index (χ0v) is 33.5. The fourth-order valence-corrected chi connectivity index (χ4v) is 11.1. The number of thiophene rings is 1. The van der Waals surface area contributed by atoms with Gasteiger partial charge < -0.3 is 4.90 Å². The van der Waals surface area contributed by atoms with Gasteiger partial charge in [0.05, 0.1) is 10.2 Å². The van der Waals surface area contributed by atoms with Gasteiger partial charge in [0.1, 0.15) is 5.01 Å². The van der Waals surface area contributed by atoms with Crippen LogP contribution in [0.3, 0.4) is 0 Å². The molecule has 0 aliphatic rings. The van der Waals surface area contributed by atoms with E-state index in [0.29, 0.717) is 0 Å². The highest BCUT2D eigenvalue weighted by Crippen LogP contribution is 2.45. The van der Waals surface area contributed by atoms with E-state index < -0.39 is 0 Å². The Hall–Kier alpha value is -7.11. The highest BCUT2D eigenvalue weighted by Gasteiger charge is 2.19. The van der Waals surface area contributed by atoms with Gasteiger partial charge in [0.25, 0.3) is 0 Å². The van der Waals surface area contributed by atoms with Gasteiger partial charge in [-0.2, -0.15) is 0 Å². The van der Waals surface area contributed by atoms with Crippen LogP contribution in [0.25, 0.3) is 95.5 Å². The lowest BCUT2D eigenvalue weighted by Crippen LogP contribution is -2.10. The first-order chi connectivity index (χ1) is 29.2. The van der Waals surface area contributed by atoms with Crippen molar-refractivity contribution in [1.29, 1.82) is 0 Å². The van der Waals surface area contributed by atoms with E-state index in [2.05, 4.69) is 211 Å². The summed E-state index contributed by atoms with van der Waals surface area (Å²) in [6.07, 6.45) is 0. The van der Waals surface area contributed by atoms with Crippen molar-refractivity contribution < 1.29 is 0 Å². The monoisotopic (exact) mass is 786 g/mol. The van der Waals surface area contributed by atoms with Crippen molar-refractivity contribution >= 4 is 102 Å². The van der Waals surface area contributed by atoms with Crippen LogP contribution in [0.15, 0.2) is 206 Å². The summed E-state index contributed by atoms with van der Waals surface area (Å²) in [7, 11) is 0. The minimum atomic E-state index is 1.06. The topological polar surface area (TPSA) is 16.1 Å². The largest absolute Gasteiger partial charge is 0.310 e. The molecule has 0 atom stereocenters. The minimum absolute atomic E-state index is 1.06. The van der Waals surface area contributed by atoms with Crippen LogP contribution in [-0.2, 0) is 0 Å². The fourth-order valence-electron chi connectivity index (χ4n) is 8.79. The second-order valence-corrected chi connectivity index (χ2v) is 17.2. The number of fused-ring (bicyclic) bond motifs is 9. The number of thiazole rings is 1. The third-order valence-electron chi connectivity index (χ3n) is 11.6. The summed E-state index contributed by atoms with van der Waals surface area (Å²) in [5, 5.41) is 11.1. The van der Waals surface area contributed by atoms with E-state index in [4.69, 9.17) is 4.98 Å². The third kappa shape index (κ3) is 5.79. The van der Waals surface area contributed by atoms with Crippen molar-refractivity contribution in [2.45, 2.75) is 0 Å². The molecule has 0 saturated carbocycles. The predicted molar refractivity (Wildman–Crippen MR) is 256 cm³/mol. The maximum atomic E-state index is 5.03. The summed E-state index contributed by atoms with van der Waals surface area (Å²) in [5.41, 5.74) is 10.4. The molecule has 12 aromatic rings. The molecule has 0 aliphatic carbocycles. The summed E-state index contributed by atoms with van der Waals surface area (Å²) in [6, 6.07) is 75.2. The summed E-state index contributed by atoms with van der Waals surface area (Å²) in [4.78, 5) is 7.45. The number of rotatable bonds is 6. The molecule has 10 aromatic carbocycles. The van der Waals surface area contributed by atoms with Gasteiger partial charge >= 0.3 is 0 Å². The molecule has 59 heavy (non-hydrogen) atoms. The Morgan fingerprint density at radius 3 is 1.83 bits per heavy atom. The summed E-state index contributed by atoms with van der Waals surface area (Å²) in [6.45, 7) is 0. The maximum absolute atomic E-state index is 5.03. The first kappa shape index (κ1) is 34.0. The van der Waals surface area contributed by atoms with Crippen LogP contribution >= 0.6 is 22.7 Å². The molecule has 0 radical (unpaired) electrons. The molecule has 0 saturated heterocycles. The molecule has 2 aromatic heterocycles. The van der Waals surface area contributed by atoms with E-state index in [1.165, 1.54) is 79.4 Å². The van der Waals surface area contributed by atoms with Gasteiger partial charge in [-0.15, -0.1) is 22.7 Å². The van der Waals surface area contributed by atoms with Crippen molar-refractivity contribution in [3.05, 3.63) is 206 Å². The Morgan fingerprint density at radius 2 is 1.02 bits per heavy atom. The number of hydrogen-bond acceptors (Lipinski definition) is 4. The lowest BCUT2D eigenvalue weighted by molar-refractivity contribution is 1.29. The third-order valence-corrected chi connectivity index (χ3v) is 13.9. The molecule has 0 aliphatic heterocycles. The molecule has 4 heteroatoms. The number of anilines is 3. The number of benzene rings is 10. The Morgan fingerprint density at radius 1 is 0.356 bits per heavy atom. The van der Waals surface area contributed by atoms with Crippen molar-refractivity contribution in [2.24, 2.45) is 0 Å². The molecule has 0 amide bonds. The first-order valence-corrected chi connectivity index (χ1v) is 21.6. The molecule has 0 unspecified atom stereocenters.